The Hall–Kier alpha value is -0.870. The zero-order chi connectivity index (χ0) is 14.5. The molecule has 0 aliphatic rings. The molecule has 0 saturated carbocycles. The van der Waals surface area contributed by atoms with Crippen molar-refractivity contribution in [3.05, 3.63) is 68.3 Å². The van der Waals surface area contributed by atoms with Crippen molar-refractivity contribution in [1.82, 2.24) is 5.32 Å². The standard InChI is InChI=1S/C18H22IN/c1-4-11-20-18(15-8-6-9-16(19)12-15)17-10-5-7-13(2)14(17)3/h5-10,12,18,20H,4,11H2,1-3H3. The number of halogens is 1. The highest BCUT2D eigenvalue weighted by Crippen LogP contribution is 2.27. The Balaban J connectivity index is 2.44. The van der Waals surface area contributed by atoms with Crippen molar-refractivity contribution in [2.75, 3.05) is 6.54 Å². The van der Waals surface area contributed by atoms with Gasteiger partial charge in [-0.05, 0) is 83.8 Å². The van der Waals surface area contributed by atoms with Gasteiger partial charge in [0.25, 0.3) is 0 Å². The molecule has 0 heterocycles. The number of benzene rings is 2. The Kier molecular flexibility index (Phi) is 5.61. The molecule has 0 bridgehead atoms. The largest absolute Gasteiger partial charge is 0.306 e. The molecule has 0 aliphatic carbocycles. The lowest BCUT2D eigenvalue weighted by atomic mass is 9.92. The number of hydrogen-bond acceptors (Lipinski definition) is 1. The van der Waals surface area contributed by atoms with Gasteiger partial charge in [-0.1, -0.05) is 37.3 Å². The zero-order valence-corrected chi connectivity index (χ0v) is 14.6. The Bertz CT molecular complexity index is 577. The molecule has 1 N–H and O–H groups in total. The second-order valence-electron chi connectivity index (χ2n) is 5.23. The van der Waals surface area contributed by atoms with Gasteiger partial charge in [0.15, 0.2) is 0 Å². The van der Waals surface area contributed by atoms with Gasteiger partial charge in [0, 0.05) is 3.57 Å². The molecule has 0 spiro atoms. The van der Waals surface area contributed by atoms with E-state index in [4.69, 9.17) is 0 Å². The quantitative estimate of drug-likeness (QED) is 0.722. The third-order valence-electron chi connectivity index (χ3n) is 3.74. The van der Waals surface area contributed by atoms with Gasteiger partial charge in [0.1, 0.15) is 0 Å². The van der Waals surface area contributed by atoms with Crippen LogP contribution in [0.3, 0.4) is 0 Å². The molecule has 106 valence electrons. The fourth-order valence-electron chi connectivity index (χ4n) is 2.47. The minimum atomic E-state index is 0.282. The van der Waals surface area contributed by atoms with Crippen molar-refractivity contribution >= 4 is 22.6 Å². The van der Waals surface area contributed by atoms with E-state index in [1.807, 2.05) is 0 Å². The van der Waals surface area contributed by atoms with Gasteiger partial charge in [-0.15, -0.1) is 0 Å². The van der Waals surface area contributed by atoms with Crippen LogP contribution in [0.2, 0.25) is 0 Å². The number of rotatable bonds is 5. The van der Waals surface area contributed by atoms with Gasteiger partial charge in [0.05, 0.1) is 6.04 Å². The highest BCUT2D eigenvalue weighted by atomic mass is 127. The first-order chi connectivity index (χ1) is 9.63. The summed E-state index contributed by atoms with van der Waals surface area (Å²) in [6.07, 6.45) is 1.14. The summed E-state index contributed by atoms with van der Waals surface area (Å²) in [5.74, 6) is 0. The van der Waals surface area contributed by atoms with Crippen molar-refractivity contribution in [3.63, 3.8) is 0 Å². The van der Waals surface area contributed by atoms with Crippen LogP contribution in [0.25, 0.3) is 0 Å². The summed E-state index contributed by atoms with van der Waals surface area (Å²) in [7, 11) is 0. The predicted molar refractivity (Wildman–Crippen MR) is 95.2 cm³/mol. The highest BCUT2D eigenvalue weighted by molar-refractivity contribution is 14.1. The molecule has 0 saturated heterocycles. The maximum atomic E-state index is 3.69. The lowest BCUT2D eigenvalue weighted by Crippen LogP contribution is -2.24. The van der Waals surface area contributed by atoms with Crippen LogP contribution in [-0.4, -0.2) is 6.54 Å². The average Bonchev–Trinajstić information content (AvgIpc) is 2.44. The van der Waals surface area contributed by atoms with Gasteiger partial charge < -0.3 is 5.32 Å². The lowest BCUT2D eigenvalue weighted by Gasteiger charge is -2.22. The minimum absolute atomic E-state index is 0.282. The normalized spacial score (nSPS) is 12.4. The second kappa shape index (κ2) is 7.23. The molecule has 2 rings (SSSR count). The third kappa shape index (κ3) is 3.61. The molecule has 1 nitrogen and oxygen atoms in total. The fraction of sp³-hybridized carbons (Fsp3) is 0.333. The molecular formula is C18H22IN. The van der Waals surface area contributed by atoms with Crippen LogP contribution >= 0.6 is 22.6 Å². The van der Waals surface area contributed by atoms with E-state index in [9.17, 15) is 0 Å². The maximum Gasteiger partial charge on any atom is 0.0579 e. The van der Waals surface area contributed by atoms with Crippen molar-refractivity contribution < 1.29 is 0 Å². The first-order valence-electron chi connectivity index (χ1n) is 7.18. The van der Waals surface area contributed by atoms with Crippen LogP contribution < -0.4 is 5.32 Å². The van der Waals surface area contributed by atoms with E-state index < -0.39 is 0 Å². The van der Waals surface area contributed by atoms with Gasteiger partial charge in [-0.2, -0.15) is 0 Å². The summed E-state index contributed by atoms with van der Waals surface area (Å²) in [5, 5.41) is 3.69. The molecule has 0 radical (unpaired) electrons. The maximum absolute atomic E-state index is 3.69. The Labute approximate surface area is 135 Å². The van der Waals surface area contributed by atoms with Gasteiger partial charge >= 0.3 is 0 Å². The Morgan fingerprint density at radius 1 is 1.10 bits per heavy atom. The second-order valence-corrected chi connectivity index (χ2v) is 6.48. The van der Waals surface area contributed by atoms with E-state index in [2.05, 4.69) is 91.1 Å². The molecule has 1 unspecified atom stereocenters. The Morgan fingerprint density at radius 2 is 1.85 bits per heavy atom. The van der Waals surface area contributed by atoms with Gasteiger partial charge in [-0.25, -0.2) is 0 Å². The zero-order valence-electron chi connectivity index (χ0n) is 12.4. The van der Waals surface area contributed by atoms with Gasteiger partial charge in [0.2, 0.25) is 0 Å². The topological polar surface area (TPSA) is 12.0 Å². The minimum Gasteiger partial charge on any atom is -0.306 e. The van der Waals surface area contributed by atoms with E-state index in [0.717, 1.165) is 13.0 Å². The molecule has 20 heavy (non-hydrogen) atoms. The third-order valence-corrected chi connectivity index (χ3v) is 4.41. The fourth-order valence-corrected chi connectivity index (χ4v) is 3.04. The first-order valence-corrected chi connectivity index (χ1v) is 8.26. The van der Waals surface area contributed by atoms with Crippen LogP contribution in [0.5, 0.6) is 0 Å². The summed E-state index contributed by atoms with van der Waals surface area (Å²) < 4.78 is 1.29. The SMILES string of the molecule is CCCNC(c1cccc(I)c1)c1cccc(C)c1C. The van der Waals surface area contributed by atoms with Crippen LogP contribution in [0.4, 0.5) is 0 Å². The van der Waals surface area contributed by atoms with Crippen molar-refractivity contribution in [1.29, 1.82) is 0 Å². The molecule has 0 aliphatic heterocycles. The molecule has 0 aromatic heterocycles. The van der Waals surface area contributed by atoms with E-state index >= 15 is 0 Å². The summed E-state index contributed by atoms with van der Waals surface area (Å²) in [5.41, 5.74) is 5.48. The van der Waals surface area contributed by atoms with Crippen LogP contribution in [0.1, 0.15) is 41.6 Å². The predicted octanol–water partition coefficient (Wildman–Crippen LogP) is 5.00. The molecule has 2 aromatic rings. The highest BCUT2D eigenvalue weighted by Gasteiger charge is 2.16. The number of aryl methyl sites for hydroxylation is 1. The van der Waals surface area contributed by atoms with Crippen molar-refractivity contribution in [2.45, 2.75) is 33.2 Å². The smallest absolute Gasteiger partial charge is 0.0579 e. The van der Waals surface area contributed by atoms with Gasteiger partial charge in [-0.3, -0.25) is 0 Å². The Morgan fingerprint density at radius 3 is 2.55 bits per heavy atom. The van der Waals surface area contributed by atoms with E-state index in [0.29, 0.717) is 0 Å². The summed E-state index contributed by atoms with van der Waals surface area (Å²) in [4.78, 5) is 0. The number of nitrogens with one attached hydrogen (secondary N) is 1. The van der Waals surface area contributed by atoms with E-state index in [1.54, 1.807) is 0 Å². The summed E-state index contributed by atoms with van der Waals surface area (Å²) >= 11 is 2.38. The molecule has 2 heteroatoms. The average molecular weight is 379 g/mol. The van der Waals surface area contributed by atoms with Crippen LogP contribution in [0, 0.1) is 17.4 Å². The van der Waals surface area contributed by atoms with Crippen molar-refractivity contribution in [2.24, 2.45) is 0 Å². The lowest BCUT2D eigenvalue weighted by molar-refractivity contribution is 0.595. The molecule has 0 amide bonds. The molecular weight excluding hydrogens is 357 g/mol. The first kappa shape index (κ1) is 15.5. The summed E-state index contributed by atoms with van der Waals surface area (Å²) in [6.45, 7) is 7.65. The summed E-state index contributed by atoms with van der Waals surface area (Å²) in [6, 6.07) is 15.6. The number of hydrogen-bond donors (Lipinski definition) is 1. The van der Waals surface area contributed by atoms with Crippen LogP contribution in [-0.2, 0) is 0 Å². The van der Waals surface area contributed by atoms with Crippen LogP contribution in [0.15, 0.2) is 42.5 Å². The van der Waals surface area contributed by atoms with E-state index in [-0.39, 0.29) is 6.04 Å². The molecule has 0 fully saturated rings. The molecule has 1 atom stereocenters. The monoisotopic (exact) mass is 379 g/mol. The van der Waals surface area contributed by atoms with E-state index in [1.165, 1.54) is 25.8 Å². The van der Waals surface area contributed by atoms with Crippen molar-refractivity contribution in [3.8, 4) is 0 Å². The molecule has 2 aromatic carbocycles.